The van der Waals surface area contributed by atoms with Gasteiger partial charge in [-0.1, -0.05) is 54.6 Å². The molecule has 0 radical (unpaired) electrons. The lowest BCUT2D eigenvalue weighted by molar-refractivity contribution is -0.144. The molecular formula is C27H28N2O5S. The maximum atomic E-state index is 12.1. The number of para-hydroxylation sites is 1. The molecule has 0 fully saturated rings. The number of ether oxygens (including phenoxy) is 3. The number of anilines is 1. The van der Waals surface area contributed by atoms with Crippen molar-refractivity contribution in [1.82, 2.24) is 5.32 Å². The van der Waals surface area contributed by atoms with Gasteiger partial charge in [0.05, 0.1) is 13.0 Å². The van der Waals surface area contributed by atoms with Crippen LogP contribution < -0.4 is 20.1 Å². The number of thiocarbonyl (C=S) groups is 1. The summed E-state index contributed by atoms with van der Waals surface area (Å²) in [6.45, 7) is 1.06. The van der Waals surface area contributed by atoms with Gasteiger partial charge in [0, 0.05) is 24.6 Å². The van der Waals surface area contributed by atoms with Crippen molar-refractivity contribution in [2.45, 2.75) is 19.3 Å². The monoisotopic (exact) mass is 492 g/mol. The van der Waals surface area contributed by atoms with E-state index in [4.69, 9.17) is 26.4 Å². The maximum Gasteiger partial charge on any atom is 0.306 e. The molecule has 0 aliphatic carbocycles. The average molecular weight is 493 g/mol. The summed E-state index contributed by atoms with van der Waals surface area (Å²) in [6, 6.07) is 26.5. The van der Waals surface area contributed by atoms with Crippen LogP contribution >= 0.6 is 12.2 Å². The summed E-state index contributed by atoms with van der Waals surface area (Å²) >= 11 is 5.20. The van der Waals surface area contributed by atoms with Gasteiger partial charge in [-0.2, -0.15) is 0 Å². The summed E-state index contributed by atoms with van der Waals surface area (Å²) < 4.78 is 16.5. The van der Waals surface area contributed by atoms with Crippen molar-refractivity contribution in [3.05, 3.63) is 90.5 Å². The molecule has 0 bridgehead atoms. The Balaban J connectivity index is 1.31. The van der Waals surface area contributed by atoms with Gasteiger partial charge in [0.2, 0.25) is 5.91 Å². The van der Waals surface area contributed by atoms with E-state index in [0.717, 1.165) is 11.3 Å². The number of hydrogen-bond donors (Lipinski definition) is 2. The quantitative estimate of drug-likeness (QED) is 0.218. The molecule has 1 amide bonds. The minimum Gasteiger partial charge on any atom is -0.490 e. The second-order valence-electron chi connectivity index (χ2n) is 7.50. The first-order chi connectivity index (χ1) is 17.1. The fraction of sp³-hybridized carbons (Fsp3) is 0.222. The summed E-state index contributed by atoms with van der Waals surface area (Å²) in [5.41, 5.74) is 1.75. The number of hydrogen-bond acceptors (Lipinski definition) is 6. The highest BCUT2D eigenvalue weighted by Crippen LogP contribution is 2.17. The van der Waals surface area contributed by atoms with Crippen molar-refractivity contribution in [3.63, 3.8) is 0 Å². The third-order valence-electron chi connectivity index (χ3n) is 4.76. The lowest BCUT2D eigenvalue weighted by Crippen LogP contribution is -2.34. The Labute approximate surface area is 210 Å². The fourth-order valence-electron chi connectivity index (χ4n) is 3.07. The highest BCUT2D eigenvalue weighted by Gasteiger charge is 2.10. The zero-order valence-electron chi connectivity index (χ0n) is 19.3. The van der Waals surface area contributed by atoms with E-state index in [1.54, 1.807) is 12.1 Å². The van der Waals surface area contributed by atoms with E-state index >= 15 is 0 Å². The van der Waals surface area contributed by atoms with Crippen LogP contribution in [0.3, 0.4) is 0 Å². The normalized spacial score (nSPS) is 10.2. The van der Waals surface area contributed by atoms with Crippen LogP contribution in [0.25, 0.3) is 0 Å². The molecule has 3 aromatic carbocycles. The van der Waals surface area contributed by atoms with Crippen molar-refractivity contribution in [2.24, 2.45) is 0 Å². The summed E-state index contributed by atoms with van der Waals surface area (Å²) in [5, 5.41) is 5.65. The standard InChI is InChI=1S/C27H28N2O5S/c30-25(14-15-26(31)34-17-16-21-8-3-1-4-9-21)29-27(35)28-22-10-7-13-24(20-22)33-19-18-32-23-11-5-2-6-12-23/h1-13,20H,14-19H2,(H2,28,29,30,35). The third-order valence-corrected chi connectivity index (χ3v) is 4.97. The van der Waals surface area contributed by atoms with E-state index in [0.29, 0.717) is 31.1 Å². The Morgan fingerprint density at radius 3 is 2.14 bits per heavy atom. The molecule has 0 aliphatic heterocycles. The number of esters is 1. The number of carbonyl (C=O) groups is 2. The van der Waals surface area contributed by atoms with Gasteiger partial charge in [-0.05, 0) is 42.0 Å². The zero-order valence-corrected chi connectivity index (χ0v) is 20.1. The van der Waals surface area contributed by atoms with Crippen LogP contribution in [0.4, 0.5) is 5.69 Å². The summed E-state index contributed by atoms with van der Waals surface area (Å²) in [6.07, 6.45) is 0.601. The third kappa shape index (κ3) is 10.3. The molecule has 0 unspecified atom stereocenters. The van der Waals surface area contributed by atoms with Gasteiger partial charge in [-0.15, -0.1) is 0 Å². The van der Waals surface area contributed by atoms with Crippen LogP contribution in [-0.4, -0.2) is 36.8 Å². The second kappa shape index (κ2) is 14.4. The predicted octanol–water partition coefficient (Wildman–Crippen LogP) is 4.52. The Morgan fingerprint density at radius 2 is 1.40 bits per heavy atom. The number of rotatable bonds is 12. The van der Waals surface area contributed by atoms with Crippen molar-refractivity contribution in [2.75, 3.05) is 25.1 Å². The van der Waals surface area contributed by atoms with Gasteiger partial charge in [0.1, 0.15) is 24.7 Å². The van der Waals surface area contributed by atoms with E-state index < -0.39 is 5.97 Å². The van der Waals surface area contributed by atoms with Crippen LogP contribution in [-0.2, 0) is 20.7 Å². The molecular weight excluding hydrogens is 464 g/mol. The molecule has 7 nitrogen and oxygen atoms in total. The zero-order chi connectivity index (χ0) is 24.7. The molecule has 0 heterocycles. The molecule has 0 saturated heterocycles. The fourth-order valence-corrected chi connectivity index (χ4v) is 3.30. The number of benzene rings is 3. The van der Waals surface area contributed by atoms with Gasteiger partial charge in [0.15, 0.2) is 5.11 Å². The van der Waals surface area contributed by atoms with Crippen LogP contribution in [0.5, 0.6) is 11.5 Å². The first-order valence-corrected chi connectivity index (χ1v) is 11.7. The average Bonchev–Trinajstić information content (AvgIpc) is 2.87. The molecule has 0 aromatic heterocycles. The Bertz CT molecular complexity index is 1090. The van der Waals surface area contributed by atoms with Crippen molar-refractivity contribution < 1.29 is 23.8 Å². The van der Waals surface area contributed by atoms with Crippen molar-refractivity contribution in [1.29, 1.82) is 0 Å². The molecule has 8 heteroatoms. The number of nitrogens with one attached hydrogen (secondary N) is 2. The van der Waals surface area contributed by atoms with Gasteiger partial charge in [-0.3, -0.25) is 9.59 Å². The predicted molar refractivity (Wildman–Crippen MR) is 139 cm³/mol. The maximum absolute atomic E-state index is 12.1. The van der Waals surface area contributed by atoms with E-state index in [1.807, 2.05) is 72.8 Å². The molecule has 0 atom stereocenters. The molecule has 2 N–H and O–H groups in total. The van der Waals surface area contributed by atoms with E-state index in [9.17, 15) is 9.59 Å². The minimum atomic E-state index is -0.420. The van der Waals surface area contributed by atoms with Crippen LogP contribution in [0.1, 0.15) is 18.4 Å². The topological polar surface area (TPSA) is 85.9 Å². The first-order valence-electron chi connectivity index (χ1n) is 11.3. The largest absolute Gasteiger partial charge is 0.490 e. The van der Waals surface area contributed by atoms with E-state index in [1.165, 1.54) is 0 Å². The molecule has 3 aromatic rings. The van der Waals surface area contributed by atoms with Crippen molar-refractivity contribution >= 4 is 34.9 Å². The number of amides is 1. The first kappa shape index (κ1) is 25.7. The van der Waals surface area contributed by atoms with E-state index in [2.05, 4.69) is 10.6 Å². The molecule has 0 aliphatic rings. The summed E-state index contributed by atoms with van der Waals surface area (Å²) in [7, 11) is 0. The van der Waals surface area contributed by atoms with Crippen LogP contribution in [0, 0.1) is 0 Å². The minimum absolute atomic E-state index is 0.0163. The SMILES string of the molecule is O=C(CCC(=O)OCCc1ccccc1)NC(=S)Nc1cccc(OCCOc2ccccc2)c1. The molecule has 3 rings (SSSR count). The van der Waals surface area contributed by atoms with Gasteiger partial charge >= 0.3 is 5.97 Å². The summed E-state index contributed by atoms with van der Waals surface area (Å²) in [5.74, 6) is 0.635. The molecule has 0 saturated carbocycles. The Kier molecular flexibility index (Phi) is 10.6. The van der Waals surface area contributed by atoms with Gasteiger partial charge in [-0.25, -0.2) is 0 Å². The van der Waals surface area contributed by atoms with E-state index in [-0.39, 0.29) is 30.5 Å². The smallest absolute Gasteiger partial charge is 0.306 e. The Hall–Kier alpha value is -3.91. The molecule has 0 spiro atoms. The highest BCUT2D eigenvalue weighted by atomic mass is 32.1. The van der Waals surface area contributed by atoms with Gasteiger partial charge in [0.25, 0.3) is 0 Å². The molecule has 182 valence electrons. The Morgan fingerprint density at radius 1 is 0.743 bits per heavy atom. The number of carbonyl (C=O) groups excluding carboxylic acids is 2. The highest BCUT2D eigenvalue weighted by molar-refractivity contribution is 7.80. The van der Waals surface area contributed by atoms with Crippen LogP contribution in [0.2, 0.25) is 0 Å². The lowest BCUT2D eigenvalue weighted by Gasteiger charge is -2.12. The lowest BCUT2D eigenvalue weighted by atomic mass is 10.2. The molecule has 35 heavy (non-hydrogen) atoms. The van der Waals surface area contributed by atoms with Crippen LogP contribution in [0.15, 0.2) is 84.9 Å². The summed E-state index contributed by atoms with van der Waals surface area (Å²) in [4.78, 5) is 24.0. The second-order valence-corrected chi connectivity index (χ2v) is 7.90. The van der Waals surface area contributed by atoms with Crippen molar-refractivity contribution in [3.8, 4) is 11.5 Å². The van der Waals surface area contributed by atoms with Gasteiger partial charge < -0.3 is 24.8 Å².